The zero-order valence-electron chi connectivity index (χ0n) is 11.9. The van der Waals surface area contributed by atoms with Crippen molar-refractivity contribution in [3.05, 3.63) is 30.4 Å². The molecule has 2 heterocycles. The quantitative estimate of drug-likeness (QED) is 0.817. The fourth-order valence-corrected chi connectivity index (χ4v) is 1.73. The van der Waals surface area contributed by atoms with Crippen LogP contribution in [0.2, 0.25) is 0 Å². The zero-order valence-corrected chi connectivity index (χ0v) is 11.9. The van der Waals surface area contributed by atoms with Gasteiger partial charge in [-0.25, -0.2) is 9.97 Å². The van der Waals surface area contributed by atoms with E-state index in [9.17, 15) is 5.11 Å². The van der Waals surface area contributed by atoms with Crippen molar-refractivity contribution in [2.75, 3.05) is 18.5 Å². The second-order valence-electron chi connectivity index (χ2n) is 4.70. The number of ether oxygens (including phenoxy) is 1. The second kappa shape index (κ2) is 5.87. The molecule has 0 aromatic carbocycles. The van der Waals surface area contributed by atoms with Gasteiger partial charge in [0.2, 0.25) is 5.88 Å². The largest absolute Gasteiger partial charge is 0.478 e. The summed E-state index contributed by atoms with van der Waals surface area (Å²) in [5.74, 6) is 1.11. The van der Waals surface area contributed by atoms with Crippen LogP contribution in [-0.2, 0) is 12.6 Å². The second-order valence-corrected chi connectivity index (χ2v) is 4.70. The van der Waals surface area contributed by atoms with Gasteiger partial charge in [0, 0.05) is 31.4 Å². The number of aliphatic hydroxyl groups is 1. The van der Waals surface area contributed by atoms with E-state index in [4.69, 9.17) is 4.74 Å². The van der Waals surface area contributed by atoms with E-state index in [1.807, 2.05) is 14.0 Å². The van der Waals surface area contributed by atoms with Gasteiger partial charge in [-0.15, -0.1) is 0 Å². The molecule has 0 aliphatic rings. The van der Waals surface area contributed by atoms with Gasteiger partial charge < -0.3 is 15.2 Å². The normalized spacial score (nSPS) is 13.8. The van der Waals surface area contributed by atoms with Crippen molar-refractivity contribution in [2.45, 2.75) is 19.4 Å². The Kier molecular flexibility index (Phi) is 4.19. The standard InChI is InChI=1S/C13H19N5O2/c1-4-20-12-5-11(15-9-16-12)14-8-13(2,19)10-6-17-18(3)7-10/h5-7,9,19H,4,8H2,1-3H3,(H,14,15,16)/t13-/m0/s1. The summed E-state index contributed by atoms with van der Waals surface area (Å²) in [6, 6.07) is 1.70. The molecule has 0 unspecified atom stereocenters. The minimum absolute atomic E-state index is 0.307. The third-order valence-electron chi connectivity index (χ3n) is 2.87. The van der Waals surface area contributed by atoms with Gasteiger partial charge >= 0.3 is 0 Å². The summed E-state index contributed by atoms with van der Waals surface area (Å²) in [7, 11) is 1.81. The summed E-state index contributed by atoms with van der Waals surface area (Å²) < 4.78 is 6.95. The number of hydrogen-bond acceptors (Lipinski definition) is 6. The summed E-state index contributed by atoms with van der Waals surface area (Å²) in [6.07, 6.45) is 4.85. The molecule has 0 radical (unpaired) electrons. The van der Waals surface area contributed by atoms with Gasteiger partial charge in [0.05, 0.1) is 12.8 Å². The molecule has 0 aliphatic heterocycles. The lowest BCUT2D eigenvalue weighted by Crippen LogP contribution is -2.30. The first-order valence-corrected chi connectivity index (χ1v) is 6.41. The van der Waals surface area contributed by atoms with Gasteiger partial charge in [-0.3, -0.25) is 4.68 Å². The number of hydrogen-bond donors (Lipinski definition) is 2. The minimum atomic E-state index is -1.04. The van der Waals surface area contributed by atoms with Crippen molar-refractivity contribution in [3.63, 3.8) is 0 Å². The van der Waals surface area contributed by atoms with Crippen molar-refractivity contribution < 1.29 is 9.84 Å². The molecule has 2 N–H and O–H groups in total. The lowest BCUT2D eigenvalue weighted by atomic mass is 10.00. The smallest absolute Gasteiger partial charge is 0.218 e. The van der Waals surface area contributed by atoms with Crippen molar-refractivity contribution >= 4 is 5.82 Å². The average molecular weight is 277 g/mol. The third-order valence-corrected chi connectivity index (χ3v) is 2.87. The van der Waals surface area contributed by atoms with Crippen LogP contribution in [0.1, 0.15) is 19.4 Å². The molecule has 0 aliphatic carbocycles. The van der Waals surface area contributed by atoms with Crippen LogP contribution in [0.25, 0.3) is 0 Å². The SMILES string of the molecule is CCOc1cc(NC[C@](C)(O)c2cnn(C)c2)ncn1. The van der Waals surface area contributed by atoms with E-state index in [1.54, 1.807) is 30.1 Å². The number of rotatable bonds is 6. The molecule has 2 aromatic rings. The molecule has 0 fully saturated rings. The summed E-state index contributed by atoms with van der Waals surface area (Å²) in [5, 5.41) is 17.6. The van der Waals surface area contributed by atoms with E-state index in [-0.39, 0.29) is 0 Å². The maximum atomic E-state index is 10.4. The van der Waals surface area contributed by atoms with Gasteiger partial charge in [-0.05, 0) is 13.8 Å². The van der Waals surface area contributed by atoms with Crippen LogP contribution in [0.3, 0.4) is 0 Å². The Balaban J connectivity index is 2.02. The summed E-state index contributed by atoms with van der Waals surface area (Å²) in [4.78, 5) is 8.08. The van der Waals surface area contributed by atoms with E-state index in [2.05, 4.69) is 20.4 Å². The highest BCUT2D eigenvalue weighted by Crippen LogP contribution is 2.20. The predicted molar refractivity (Wildman–Crippen MR) is 74.5 cm³/mol. The van der Waals surface area contributed by atoms with Crippen molar-refractivity contribution in [2.24, 2.45) is 7.05 Å². The first-order chi connectivity index (χ1) is 9.51. The molecule has 7 nitrogen and oxygen atoms in total. The van der Waals surface area contributed by atoms with Gasteiger partial charge in [0.15, 0.2) is 0 Å². The molecule has 0 bridgehead atoms. The molecule has 20 heavy (non-hydrogen) atoms. The Labute approximate surface area is 117 Å². The topological polar surface area (TPSA) is 85.1 Å². The molecule has 2 aromatic heterocycles. The van der Waals surface area contributed by atoms with Crippen molar-refractivity contribution in [1.82, 2.24) is 19.7 Å². The van der Waals surface area contributed by atoms with Crippen LogP contribution in [0.4, 0.5) is 5.82 Å². The fourth-order valence-electron chi connectivity index (χ4n) is 1.73. The predicted octanol–water partition coefficient (Wildman–Crippen LogP) is 0.928. The first-order valence-electron chi connectivity index (χ1n) is 6.41. The van der Waals surface area contributed by atoms with E-state index >= 15 is 0 Å². The molecule has 108 valence electrons. The highest BCUT2D eigenvalue weighted by Gasteiger charge is 2.24. The Bertz CT molecular complexity index is 567. The Morgan fingerprint density at radius 2 is 2.25 bits per heavy atom. The van der Waals surface area contributed by atoms with Crippen LogP contribution in [0.5, 0.6) is 5.88 Å². The molecule has 0 saturated carbocycles. The molecule has 0 amide bonds. The van der Waals surface area contributed by atoms with Crippen LogP contribution in [-0.4, -0.2) is 38.0 Å². The molecular weight excluding hydrogens is 258 g/mol. The summed E-state index contributed by atoms with van der Waals surface area (Å²) in [5.41, 5.74) is -0.295. The van der Waals surface area contributed by atoms with Gasteiger partial charge in [0.1, 0.15) is 17.7 Å². The Morgan fingerprint density at radius 3 is 2.90 bits per heavy atom. The van der Waals surface area contributed by atoms with E-state index in [0.717, 1.165) is 5.56 Å². The van der Waals surface area contributed by atoms with Gasteiger partial charge in [0.25, 0.3) is 0 Å². The molecule has 2 rings (SSSR count). The Hall–Kier alpha value is -2.15. The summed E-state index contributed by atoms with van der Waals surface area (Å²) >= 11 is 0. The van der Waals surface area contributed by atoms with E-state index in [0.29, 0.717) is 24.8 Å². The minimum Gasteiger partial charge on any atom is -0.478 e. The highest BCUT2D eigenvalue weighted by molar-refractivity contribution is 5.38. The fraction of sp³-hybridized carbons (Fsp3) is 0.462. The average Bonchev–Trinajstić information content (AvgIpc) is 2.85. The monoisotopic (exact) mass is 277 g/mol. The molecule has 7 heteroatoms. The van der Waals surface area contributed by atoms with Crippen molar-refractivity contribution in [3.8, 4) is 5.88 Å². The zero-order chi connectivity index (χ0) is 14.6. The van der Waals surface area contributed by atoms with Crippen LogP contribution in [0.15, 0.2) is 24.8 Å². The van der Waals surface area contributed by atoms with Gasteiger partial charge in [-0.1, -0.05) is 0 Å². The van der Waals surface area contributed by atoms with E-state index in [1.165, 1.54) is 6.33 Å². The maximum Gasteiger partial charge on any atom is 0.218 e. The number of aromatic nitrogens is 4. The third kappa shape index (κ3) is 3.45. The maximum absolute atomic E-state index is 10.4. The Morgan fingerprint density at radius 1 is 1.45 bits per heavy atom. The van der Waals surface area contributed by atoms with Crippen molar-refractivity contribution in [1.29, 1.82) is 0 Å². The summed E-state index contributed by atoms with van der Waals surface area (Å²) in [6.45, 7) is 4.47. The van der Waals surface area contributed by atoms with E-state index < -0.39 is 5.60 Å². The molecule has 1 atom stereocenters. The lowest BCUT2D eigenvalue weighted by molar-refractivity contribution is 0.0713. The van der Waals surface area contributed by atoms with Crippen LogP contribution < -0.4 is 10.1 Å². The first kappa shape index (κ1) is 14.3. The lowest BCUT2D eigenvalue weighted by Gasteiger charge is -2.22. The highest BCUT2D eigenvalue weighted by atomic mass is 16.5. The number of anilines is 1. The number of aryl methyl sites for hydroxylation is 1. The number of nitrogens with one attached hydrogen (secondary N) is 1. The van der Waals surface area contributed by atoms with Crippen LogP contribution in [0, 0.1) is 0 Å². The number of nitrogens with zero attached hydrogens (tertiary/aromatic N) is 4. The molecule has 0 saturated heterocycles. The van der Waals surface area contributed by atoms with Gasteiger partial charge in [-0.2, -0.15) is 5.10 Å². The molecule has 0 spiro atoms. The molecular formula is C13H19N5O2. The van der Waals surface area contributed by atoms with Crippen LogP contribution >= 0.6 is 0 Å².